The SMILES string of the molecule is Cc1cnccc1CNC(=O)C1CCC(N)C1. The van der Waals surface area contributed by atoms with E-state index in [0.717, 1.165) is 30.4 Å². The lowest BCUT2D eigenvalue weighted by Gasteiger charge is -2.11. The predicted molar refractivity (Wildman–Crippen MR) is 66.1 cm³/mol. The van der Waals surface area contributed by atoms with Gasteiger partial charge in [0.05, 0.1) is 0 Å². The van der Waals surface area contributed by atoms with Crippen molar-refractivity contribution in [1.82, 2.24) is 10.3 Å². The monoisotopic (exact) mass is 233 g/mol. The molecule has 1 aliphatic rings. The lowest BCUT2D eigenvalue weighted by molar-refractivity contribution is -0.125. The Kier molecular flexibility index (Phi) is 3.74. The summed E-state index contributed by atoms with van der Waals surface area (Å²) in [6.07, 6.45) is 6.27. The van der Waals surface area contributed by atoms with Gasteiger partial charge in [0.25, 0.3) is 0 Å². The number of hydrogen-bond acceptors (Lipinski definition) is 3. The zero-order valence-corrected chi connectivity index (χ0v) is 10.1. The van der Waals surface area contributed by atoms with E-state index in [4.69, 9.17) is 5.73 Å². The topological polar surface area (TPSA) is 68.0 Å². The molecule has 0 bridgehead atoms. The molecule has 0 aromatic carbocycles. The number of nitrogens with two attached hydrogens (primary N) is 1. The normalized spacial score (nSPS) is 23.6. The molecule has 1 heterocycles. The molecule has 4 nitrogen and oxygen atoms in total. The van der Waals surface area contributed by atoms with Gasteiger partial charge in [0.15, 0.2) is 0 Å². The van der Waals surface area contributed by atoms with Gasteiger partial charge < -0.3 is 11.1 Å². The minimum Gasteiger partial charge on any atom is -0.352 e. The van der Waals surface area contributed by atoms with Crippen LogP contribution in [-0.2, 0) is 11.3 Å². The number of amides is 1. The number of rotatable bonds is 3. The Morgan fingerprint density at radius 1 is 1.59 bits per heavy atom. The van der Waals surface area contributed by atoms with Crippen LogP contribution in [0.25, 0.3) is 0 Å². The first-order valence-corrected chi connectivity index (χ1v) is 6.09. The summed E-state index contributed by atoms with van der Waals surface area (Å²) in [5.74, 6) is 0.237. The Bertz CT molecular complexity index is 405. The first-order valence-electron chi connectivity index (χ1n) is 6.09. The summed E-state index contributed by atoms with van der Waals surface area (Å²) < 4.78 is 0. The Balaban J connectivity index is 1.86. The lowest BCUT2D eigenvalue weighted by Crippen LogP contribution is -2.30. The molecule has 92 valence electrons. The fourth-order valence-corrected chi connectivity index (χ4v) is 2.28. The second-order valence-electron chi connectivity index (χ2n) is 4.79. The summed E-state index contributed by atoms with van der Waals surface area (Å²) in [5.41, 5.74) is 8.03. The molecule has 1 aromatic rings. The van der Waals surface area contributed by atoms with E-state index in [9.17, 15) is 4.79 Å². The molecule has 1 aromatic heterocycles. The van der Waals surface area contributed by atoms with Gasteiger partial charge in [-0.25, -0.2) is 0 Å². The Morgan fingerprint density at radius 3 is 3.06 bits per heavy atom. The van der Waals surface area contributed by atoms with E-state index in [-0.39, 0.29) is 17.9 Å². The maximum absolute atomic E-state index is 11.9. The smallest absolute Gasteiger partial charge is 0.223 e. The Labute approximate surface area is 102 Å². The molecule has 1 saturated carbocycles. The molecule has 0 aliphatic heterocycles. The number of hydrogen-bond donors (Lipinski definition) is 2. The Morgan fingerprint density at radius 2 is 2.41 bits per heavy atom. The largest absolute Gasteiger partial charge is 0.352 e. The zero-order valence-electron chi connectivity index (χ0n) is 10.1. The van der Waals surface area contributed by atoms with Crippen LogP contribution < -0.4 is 11.1 Å². The van der Waals surface area contributed by atoms with Crippen molar-refractivity contribution in [2.75, 3.05) is 0 Å². The molecule has 4 heteroatoms. The zero-order chi connectivity index (χ0) is 12.3. The number of carbonyl (C=O) groups excluding carboxylic acids is 1. The molecule has 2 atom stereocenters. The number of pyridine rings is 1. The van der Waals surface area contributed by atoms with Crippen molar-refractivity contribution in [1.29, 1.82) is 0 Å². The molecule has 17 heavy (non-hydrogen) atoms. The van der Waals surface area contributed by atoms with Crippen LogP contribution in [0.15, 0.2) is 18.5 Å². The highest BCUT2D eigenvalue weighted by Gasteiger charge is 2.27. The van der Waals surface area contributed by atoms with E-state index >= 15 is 0 Å². The summed E-state index contributed by atoms with van der Waals surface area (Å²) in [7, 11) is 0. The highest BCUT2D eigenvalue weighted by Crippen LogP contribution is 2.24. The third-order valence-corrected chi connectivity index (χ3v) is 3.43. The highest BCUT2D eigenvalue weighted by molar-refractivity contribution is 5.79. The van der Waals surface area contributed by atoms with Crippen molar-refractivity contribution in [3.05, 3.63) is 29.6 Å². The lowest BCUT2D eigenvalue weighted by atomic mass is 10.1. The van der Waals surface area contributed by atoms with Gasteiger partial charge in [-0.15, -0.1) is 0 Å². The Hall–Kier alpha value is -1.42. The van der Waals surface area contributed by atoms with Gasteiger partial charge in [-0.2, -0.15) is 0 Å². The number of aromatic nitrogens is 1. The van der Waals surface area contributed by atoms with Gasteiger partial charge >= 0.3 is 0 Å². The molecular weight excluding hydrogens is 214 g/mol. The first-order chi connectivity index (χ1) is 8.16. The number of carbonyl (C=O) groups is 1. The fourth-order valence-electron chi connectivity index (χ4n) is 2.28. The van der Waals surface area contributed by atoms with Crippen LogP contribution >= 0.6 is 0 Å². The van der Waals surface area contributed by atoms with Crippen molar-refractivity contribution >= 4 is 5.91 Å². The minimum absolute atomic E-state index is 0.104. The molecule has 0 spiro atoms. The number of aryl methyl sites for hydroxylation is 1. The molecule has 2 rings (SSSR count). The molecule has 2 unspecified atom stereocenters. The molecule has 0 radical (unpaired) electrons. The standard InChI is InChI=1S/C13H19N3O/c1-9-7-15-5-4-11(9)8-16-13(17)10-2-3-12(14)6-10/h4-5,7,10,12H,2-3,6,8,14H2,1H3,(H,16,17). The highest BCUT2D eigenvalue weighted by atomic mass is 16.1. The van der Waals surface area contributed by atoms with Crippen molar-refractivity contribution in [2.45, 2.75) is 38.8 Å². The molecule has 3 N–H and O–H groups in total. The maximum atomic E-state index is 11.9. The summed E-state index contributed by atoms with van der Waals surface area (Å²) in [6, 6.07) is 2.14. The van der Waals surface area contributed by atoms with Crippen LogP contribution in [0.1, 0.15) is 30.4 Å². The van der Waals surface area contributed by atoms with E-state index in [1.54, 1.807) is 6.20 Å². The summed E-state index contributed by atoms with van der Waals surface area (Å²) in [6.45, 7) is 2.58. The molecule has 1 aliphatic carbocycles. The van der Waals surface area contributed by atoms with Gasteiger partial charge in [-0.05, 0) is 43.4 Å². The van der Waals surface area contributed by atoms with Crippen LogP contribution in [0.5, 0.6) is 0 Å². The third kappa shape index (κ3) is 3.03. The molecule has 0 saturated heterocycles. The average molecular weight is 233 g/mol. The van der Waals surface area contributed by atoms with Crippen molar-refractivity contribution in [3.63, 3.8) is 0 Å². The van der Waals surface area contributed by atoms with E-state index in [1.807, 2.05) is 19.2 Å². The van der Waals surface area contributed by atoms with E-state index in [0.29, 0.717) is 6.54 Å². The predicted octanol–water partition coefficient (Wildman–Crippen LogP) is 1.13. The van der Waals surface area contributed by atoms with Gasteiger partial charge in [-0.3, -0.25) is 9.78 Å². The fraction of sp³-hybridized carbons (Fsp3) is 0.538. The van der Waals surface area contributed by atoms with E-state index in [1.165, 1.54) is 0 Å². The minimum atomic E-state index is 0.104. The van der Waals surface area contributed by atoms with Crippen LogP contribution in [0, 0.1) is 12.8 Å². The van der Waals surface area contributed by atoms with Gasteiger partial charge in [0, 0.05) is 30.9 Å². The molecule has 1 fully saturated rings. The second kappa shape index (κ2) is 5.27. The van der Waals surface area contributed by atoms with E-state index < -0.39 is 0 Å². The van der Waals surface area contributed by atoms with Crippen molar-refractivity contribution in [3.8, 4) is 0 Å². The molecular formula is C13H19N3O. The van der Waals surface area contributed by atoms with Crippen molar-refractivity contribution < 1.29 is 4.79 Å². The van der Waals surface area contributed by atoms with Gasteiger partial charge in [-0.1, -0.05) is 0 Å². The maximum Gasteiger partial charge on any atom is 0.223 e. The van der Waals surface area contributed by atoms with Crippen LogP contribution in [0.3, 0.4) is 0 Å². The molecule has 1 amide bonds. The first kappa shape index (κ1) is 12.0. The number of nitrogens with zero attached hydrogens (tertiary/aromatic N) is 1. The van der Waals surface area contributed by atoms with E-state index in [2.05, 4.69) is 10.3 Å². The summed E-state index contributed by atoms with van der Waals surface area (Å²) in [4.78, 5) is 15.9. The number of nitrogens with one attached hydrogen (secondary N) is 1. The summed E-state index contributed by atoms with van der Waals surface area (Å²) >= 11 is 0. The van der Waals surface area contributed by atoms with Crippen LogP contribution in [-0.4, -0.2) is 16.9 Å². The quantitative estimate of drug-likeness (QED) is 0.822. The average Bonchev–Trinajstić information content (AvgIpc) is 2.74. The third-order valence-electron chi connectivity index (χ3n) is 3.43. The van der Waals surface area contributed by atoms with Crippen molar-refractivity contribution in [2.24, 2.45) is 11.7 Å². The van der Waals surface area contributed by atoms with Gasteiger partial charge in [0.1, 0.15) is 0 Å². The van der Waals surface area contributed by atoms with Crippen LogP contribution in [0.2, 0.25) is 0 Å². The van der Waals surface area contributed by atoms with Gasteiger partial charge in [0.2, 0.25) is 5.91 Å². The summed E-state index contributed by atoms with van der Waals surface area (Å²) in [5, 5.41) is 2.98. The van der Waals surface area contributed by atoms with Crippen LogP contribution in [0.4, 0.5) is 0 Å². The second-order valence-corrected chi connectivity index (χ2v) is 4.79.